The summed E-state index contributed by atoms with van der Waals surface area (Å²) in [6, 6.07) is 17.9. The predicted molar refractivity (Wildman–Crippen MR) is 115 cm³/mol. The average molecular weight is 420 g/mol. The van der Waals surface area contributed by atoms with Gasteiger partial charge in [0.05, 0.1) is 5.69 Å². The van der Waals surface area contributed by atoms with E-state index in [1.807, 2.05) is 24.3 Å². The van der Waals surface area contributed by atoms with Gasteiger partial charge in [0.25, 0.3) is 5.91 Å². The van der Waals surface area contributed by atoms with Gasteiger partial charge in [-0.2, -0.15) is 0 Å². The van der Waals surface area contributed by atoms with E-state index in [-0.39, 0.29) is 18.2 Å². The molecule has 6 nitrogen and oxygen atoms in total. The molecule has 0 spiro atoms. The zero-order chi connectivity index (χ0) is 20.9. The van der Waals surface area contributed by atoms with E-state index >= 15 is 0 Å². The summed E-state index contributed by atoms with van der Waals surface area (Å²) in [5.41, 5.74) is 2.07. The Morgan fingerprint density at radius 1 is 1.10 bits per heavy atom. The Labute approximate surface area is 178 Å². The first-order valence-electron chi connectivity index (χ1n) is 9.32. The molecule has 2 aromatic carbocycles. The van der Waals surface area contributed by atoms with Crippen molar-refractivity contribution in [3.05, 3.63) is 95.0 Å². The van der Waals surface area contributed by atoms with Gasteiger partial charge in [0, 0.05) is 24.0 Å². The molecule has 2 heterocycles. The Hall–Kier alpha value is -3.64. The first kappa shape index (κ1) is 19.7. The first-order valence-corrected chi connectivity index (χ1v) is 9.70. The maximum Gasteiger partial charge on any atom is 0.294 e. The Morgan fingerprint density at radius 2 is 1.90 bits per heavy atom. The number of amides is 2. The molecule has 0 bridgehead atoms. The van der Waals surface area contributed by atoms with Crippen LogP contribution in [-0.2, 0) is 16.1 Å². The summed E-state index contributed by atoms with van der Waals surface area (Å²) in [4.78, 5) is 31.1. The molecule has 2 amide bonds. The van der Waals surface area contributed by atoms with Gasteiger partial charge in [0.15, 0.2) is 11.5 Å². The number of carbonyl (C=O) groups excluding carboxylic acids is 2. The minimum atomic E-state index is -0.412. The van der Waals surface area contributed by atoms with Gasteiger partial charge in [-0.15, -0.1) is 0 Å². The van der Waals surface area contributed by atoms with Crippen molar-refractivity contribution < 1.29 is 14.3 Å². The third-order valence-electron chi connectivity index (χ3n) is 4.54. The van der Waals surface area contributed by atoms with Crippen LogP contribution in [0.1, 0.15) is 11.1 Å². The molecule has 150 valence electrons. The molecule has 1 aliphatic heterocycles. The molecule has 1 aliphatic rings. The minimum Gasteiger partial charge on any atom is -0.449 e. The molecular weight excluding hydrogens is 402 g/mol. The van der Waals surface area contributed by atoms with E-state index in [4.69, 9.17) is 16.3 Å². The maximum atomic E-state index is 13.1. The second kappa shape index (κ2) is 8.80. The SMILES string of the molecule is O=C(CN1C(=O)/C(=C\c2ccccc2Cl)Oc2ccccc21)NCc1cccnc1. The van der Waals surface area contributed by atoms with Crippen LogP contribution in [0.4, 0.5) is 5.69 Å². The number of carbonyl (C=O) groups is 2. The summed E-state index contributed by atoms with van der Waals surface area (Å²) in [5, 5.41) is 3.32. The van der Waals surface area contributed by atoms with Gasteiger partial charge >= 0.3 is 0 Å². The number of ether oxygens (including phenoxy) is 1. The van der Waals surface area contributed by atoms with Gasteiger partial charge in [-0.3, -0.25) is 19.5 Å². The van der Waals surface area contributed by atoms with Gasteiger partial charge in [-0.25, -0.2) is 0 Å². The van der Waals surface area contributed by atoms with Crippen LogP contribution in [0, 0.1) is 0 Å². The zero-order valence-corrected chi connectivity index (χ0v) is 16.7. The van der Waals surface area contributed by atoms with Crippen LogP contribution in [-0.4, -0.2) is 23.3 Å². The molecule has 0 saturated heterocycles. The van der Waals surface area contributed by atoms with Crippen molar-refractivity contribution >= 4 is 35.2 Å². The third kappa shape index (κ3) is 4.34. The molecule has 0 unspecified atom stereocenters. The highest BCUT2D eigenvalue weighted by atomic mass is 35.5. The van der Waals surface area contributed by atoms with E-state index in [1.165, 1.54) is 4.90 Å². The van der Waals surface area contributed by atoms with Crippen molar-refractivity contribution in [2.45, 2.75) is 6.54 Å². The van der Waals surface area contributed by atoms with E-state index in [0.717, 1.165) is 5.56 Å². The van der Waals surface area contributed by atoms with E-state index < -0.39 is 5.91 Å². The lowest BCUT2D eigenvalue weighted by Gasteiger charge is -2.30. The van der Waals surface area contributed by atoms with Crippen molar-refractivity contribution in [3.63, 3.8) is 0 Å². The second-order valence-corrected chi connectivity index (χ2v) is 7.04. The number of halogens is 1. The molecule has 7 heteroatoms. The molecule has 0 atom stereocenters. The normalized spacial score (nSPS) is 14.2. The zero-order valence-electron chi connectivity index (χ0n) is 15.9. The van der Waals surface area contributed by atoms with E-state index in [9.17, 15) is 9.59 Å². The summed E-state index contributed by atoms with van der Waals surface area (Å²) in [6.45, 7) is 0.189. The number of rotatable bonds is 5. The molecule has 30 heavy (non-hydrogen) atoms. The Morgan fingerprint density at radius 3 is 2.70 bits per heavy atom. The Bertz CT molecular complexity index is 1120. The van der Waals surface area contributed by atoms with Crippen molar-refractivity contribution in [2.24, 2.45) is 0 Å². The highest BCUT2D eigenvalue weighted by Gasteiger charge is 2.31. The Balaban J connectivity index is 1.57. The van der Waals surface area contributed by atoms with Gasteiger partial charge in [-0.1, -0.05) is 48.0 Å². The van der Waals surface area contributed by atoms with E-state index in [1.54, 1.807) is 54.9 Å². The quantitative estimate of drug-likeness (QED) is 0.638. The van der Waals surface area contributed by atoms with Gasteiger partial charge < -0.3 is 10.1 Å². The lowest BCUT2D eigenvalue weighted by Crippen LogP contribution is -2.44. The van der Waals surface area contributed by atoms with Crippen LogP contribution in [0.15, 0.2) is 78.8 Å². The molecule has 0 aliphatic carbocycles. The molecule has 0 fully saturated rings. The predicted octanol–water partition coefficient (Wildman–Crippen LogP) is 3.82. The number of para-hydroxylation sites is 2. The number of benzene rings is 2. The van der Waals surface area contributed by atoms with E-state index in [2.05, 4.69) is 10.3 Å². The summed E-state index contributed by atoms with van der Waals surface area (Å²) in [5.74, 6) is -0.108. The lowest BCUT2D eigenvalue weighted by molar-refractivity contribution is -0.123. The first-order chi connectivity index (χ1) is 14.6. The number of nitrogens with one attached hydrogen (secondary N) is 1. The van der Waals surface area contributed by atoms with Gasteiger partial charge in [-0.05, 0) is 41.5 Å². The number of fused-ring (bicyclic) bond motifs is 1. The number of hydrogen-bond acceptors (Lipinski definition) is 4. The summed E-state index contributed by atoms with van der Waals surface area (Å²) in [7, 11) is 0. The molecule has 3 aromatic rings. The van der Waals surface area contributed by atoms with Crippen LogP contribution in [0.3, 0.4) is 0 Å². The fourth-order valence-electron chi connectivity index (χ4n) is 3.06. The van der Waals surface area contributed by atoms with Crippen molar-refractivity contribution in [1.29, 1.82) is 0 Å². The van der Waals surface area contributed by atoms with Gasteiger partial charge in [0.1, 0.15) is 6.54 Å². The molecule has 0 radical (unpaired) electrons. The second-order valence-electron chi connectivity index (χ2n) is 6.63. The van der Waals surface area contributed by atoms with Crippen LogP contribution in [0.5, 0.6) is 5.75 Å². The molecular formula is C23H18ClN3O3. The number of pyridine rings is 1. The van der Waals surface area contributed by atoms with E-state index in [0.29, 0.717) is 28.6 Å². The standard InChI is InChI=1S/C23H18ClN3O3/c24-18-8-2-1-7-17(18)12-21-23(29)27(19-9-3-4-10-20(19)30-21)15-22(28)26-14-16-6-5-11-25-13-16/h1-13H,14-15H2,(H,26,28)/b21-12+. The fourth-order valence-corrected chi connectivity index (χ4v) is 3.25. The number of hydrogen-bond donors (Lipinski definition) is 1. The van der Waals surface area contributed by atoms with Crippen LogP contribution in [0.25, 0.3) is 6.08 Å². The fraction of sp³-hybridized carbons (Fsp3) is 0.0870. The van der Waals surface area contributed by atoms with Gasteiger partial charge in [0.2, 0.25) is 5.91 Å². The monoisotopic (exact) mass is 419 g/mol. The van der Waals surface area contributed by atoms with Crippen molar-refractivity contribution in [2.75, 3.05) is 11.4 Å². The Kier molecular flexibility index (Phi) is 5.77. The highest BCUT2D eigenvalue weighted by molar-refractivity contribution is 6.32. The van der Waals surface area contributed by atoms with Crippen LogP contribution < -0.4 is 15.0 Å². The molecule has 0 saturated carbocycles. The summed E-state index contributed by atoms with van der Waals surface area (Å²) in [6.07, 6.45) is 4.93. The maximum absolute atomic E-state index is 13.1. The topological polar surface area (TPSA) is 71.5 Å². The van der Waals surface area contributed by atoms with Crippen molar-refractivity contribution in [3.8, 4) is 5.75 Å². The third-order valence-corrected chi connectivity index (χ3v) is 4.88. The molecule has 1 N–H and O–H groups in total. The number of anilines is 1. The summed E-state index contributed by atoms with van der Waals surface area (Å²) >= 11 is 6.22. The average Bonchev–Trinajstić information content (AvgIpc) is 2.77. The number of nitrogens with zero attached hydrogens (tertiary/aromatic N) is 2. The lowest BCUT2D eigenvalue weighted by atomic mass is 10.1. The van der Waals surface area contributed by atoms with Crippen LogP contribution >= 0.6 is 11.6 Å². The molecule has 1 aromatic heterocycles. The minimum absolute atomic E-state index is 0.0989. The highest BCUT2D eigenvalue weighted by Crippen LogP contribution is 2.35. The van der Waals surface area contributed by atoms with Crippen molar-refractivity contribution in [1.82, 2.24) is 10.3 Å². The smallest absolute Gasteiger partial charge is 0.294 e. The molecule has 4 rings (SSSR count). The summed E-state index contributed by atoms with van der Waals surface area (Å²) < 4.78 is 5.82. The number of aromatic nitrogens is 1. The largest absolute Gasteiger partial charge is 0.449 e. The van der Waals surface area contributed by atoms with Crippen LogP contribution in [0.2, 0.25) is 5.02 Å².